The van der Waals surface area contributed by atoms with E-state index in [2.05, 4.69) is 20.8 Å². The van der Waals surface area contributed by atoms with E-state index >= 15 is 0 Å². The first-order chi connectivity index (χ1) is 7.70. The first-order valence-corrected chi connectivity index (χ1v) is 6.72. The Morgan fingerprint density at radius 1 is 1.25 bits per heavy atom. The molecule has 2 atom stereocenters. The average Bonchev–Trinajstić information content (AvgIpc) is 2.85. The molecule has 1 N–H and O–H groups in total. The Kier molecular flexibility index (Phi) is 2.57. The lowest BCUT2D eigenvalue weighted by atomic mass is 9.85. The van der Waals surface area contributed by atoms with Crippen molar-refractivity contribution >= 4 is 15.9 Å². The summed E-state index contributed by atoms with van der Waals surface area (Å²) in [6, 6.07) is 8.47. The van der Waals surface area contributed by atoms with E-state index in [1.165, 1.54) is 6.42 Å². The van der Waals surface area contributed by atoms with Gasteiger partial charge in [0.05, 0.1) is 0 Å². The lowest BCUT2D eigenvalue weighted by Gasteiger charge is -2.30. The molecule has 2 aliphatic rings. The third kappa shape index (κ3) is 1.53. The zero-order chi connectivity index (χ0) is 11.2. The van der Waals surface area contributed by atoms with Crippen molar-refractivity contribution in [3.63, 3.8) is 0 Å². The van der Waals surface area contributed by atoms with Gasteiger partial charge in [0, 0.05) is 17.1 Å². The van der Waals surface area contributed by atoms with Crippen LogP contribution in [-0.2, 0) is 5.60 Å². The van der Waals surface area contributed by atoms with E-state index in [4.69, 9.17) is 0 Å². The minimum atomic E-state index is -0.614. The number of nitrogens with zero attached hydrogens (tertiary/aromatic N) is 1. The molecular formula is C13H16BrNO. The summed E-state index contributed by atoms with van der Waals surface area (Å²) in [7, 11) is 0. The van der Waals surface area contributed by atoms with Gasteiger partial charge in [0.1, 0.15) is 5.60 Å². The summed E-state index contributed by atoms with van der Waals surface area (Å²) >= 11 is 3.44. The molecule has 0 saturated carbocycles. The van der Waals surface area contributed by atoms with Crippen molar-refractivity contribution in [2.75, 3.05) is 13.1 Å². The maximum atomic E-state index is 10.9. The number of fused-ring (bicyclic) bond motifs is 1. The average molecular weight is 282 g/mol. The molecule has 0 aliphatic carbocycles. The molecule has 2 aliphatic heterocycles. The van der Waals surface area contributed by atoms with E-state index in [0.29, 0.717) is 6.04 Å². The summed E-state index contributed by atoms with van der Waals surface area (Å²) in [6.45, 7) is 2.20. The molecule has 2 heterocycles. The highest BCUT2D eigenvalue weighted by atomic mass is 79.9. The zero-order valence-corrected chi connectivity index (χ0v) is 10.8. The van der Waals surface area contributed by atoms with E-state index in [1.54, 1.807) is 0 Å². The van der Waals surface area contributed by atoms with Gasteiger partial charge in [-0.25, -0.2) is 0 Å². The molecule has 3 heteroatoms. The number of halogens is 1. The monoisotopic (exact) mass is 281 g/mol. The number of rotatable bonds is 1. The highest BCUT2D eigenvalue weighted by Gasteiger charge is 2.48. The summed E-state index contributed by atoms with van der Waals surface area (Å²) in [4.78, 5) is 2.43. The largest absolute Gasteiger partial charge is 0.383 e. The molecular weight excluding hydrogens is 266 g/mol. The van der Waals surface area contributed by atoms with E-state index < -0.39 is 5.60 Å². The number of benzene rings is 1. The van der Waals surface area contributed by atoms with Gasteiger partial charge in [-0.2, -0.15) is 0 Å². The maximum Gasteiger partial charge on any atom is 0.106 e. The first kappa shape index (κ1) is 10.8. The summed E-state index contributed by atoms with van der Waals surface area (Å²) in [5.74, 6) is 0. The van der Waals surface area contributed by atoms with Gasteiger partial charge < -0.3 is 5.11 Å². The molecule has 1 unspecified atom stereocenters. The predicted octanol–water partition coefficient (Wildman–Crippen LogP) is 2.50. The van der Waals surface area contributed by atoms with Crippen molar-refractivity contribution in [1.82, 2.24) is 4.90 Å². The molecule has 0 spiro atoms. The third-order valence-corrected chi connectivity index (χ3v) is 4.57. The maximum absolute atomic E-state index is 10.9. The second-order valence-electron chi connectivity index (χ2n) is 4.88. The zero-order valence-electron chi connectivity index (χ0n) is 9.19. The van der Waals surface area contributed by atoms with Gasteiger partial charge in [-0.05, 0) is 43.5 Å². The summed E-state index contributed by atoms with van der Waals surface area (Å²) < 4.78 is 1.07. The fraction of sp³-hybridized carbons (Fsp3) is 0.538. The van der Waals surface area contributed by atoms with Gasteiger partial charge in [-0.15, -0.1) is 0 Å². The Morgan fingerprint density at radius 3 is 2.75 bits per heavy atom. The molecule has 0 radical (unpaired) electrons. The van der Waals surface area contributed by atoms with Crippen LogP contribution in [0.5, 0.6) is 0 Å². The quantitative estimate of drug-likeness (QED) is 0.855. The highest BCUT2D eigenvalue weighted by molar-refractivity contribution is 9.10. The fourth-order valence-electron chi connectivity index (χ4n) is 3.19. The number of hydrogen-bond donors (Lipinski definition) is 1. The Balaban J connectivity index is 1.95. The molecule has 0 bridgehead atoms. The van der Waals surface area contributed by atoms with Crippen LogP contribution in [0.2, 0.25) is 0 Å². The van der Waals surface area contributed by atoms with Crippen molar-refractivity contribution in [2.24, 2.45) is 0 Å². The van der Waals surface area contributed by atoms with Crippen LogP contribution in [0.3, 0.4) is 0 Å². The van der Waals surface area contributed by atoms with Crippen molar-refractivity contribution in [3.8, 4) is 0 Å². The lowest BCUT2D eigenvalue weighted by molar-refractivity contribution is 0.00937. The molecule has 16 heavy (non-hydrogen) atoms. The molecule has 1 aromatic rings. The van der Waals surface area contributed by atoms with Crippen LogP contribution in [0.1, 0.15) is 24.8 Å². The van der Waals surface area contributed by atoms with Crippen LogP contribution >= 0.6 is 15.9 Å². The fourth-order valence-corrected chi connectivity index (χ4v) is 3.45. The Bertz CT molecular complexity index is 391. The van der Waals surface area contributed by atoms with Crippen molar-refractivity contribution in [1.29, 1.82) is 0 Å². The van der Waals surface area contributed by atoms with Gasteiger partial charge >= 0.3 is 0 Å². The molecule has 2 fully saturated rings. The van der Waals surface area contributed by atoms with Gasteiger partial charge in [0.15, 0.2) is 0 Å². The minimum Gasteiger partial charge on any atom is -0.383 e. The second kappa shape index (κ2) is 3.83. The topological polar surface area (TPSA) is 23.5 Å². The highest BCUT2D eigenvalue weighted by Crippen LogP contribution is 2.42. The van der Waals surface area contributed by atoms with Crippen LogP contribution in [0.25, 0.3) is 0 Å². The standard InChI is InChI=1S/C13H16BrNO/c14-11-5-3-10(4-6-11)13(16)7-9-15-8-1-2-12(13)15/h3-6,12,16H,1-2,7-9H2/t12?,13-/m1/s1. The second-order valence-corrected chi connectivity index (χ2v) is 5.79. The van der Waals surface area contributed by atoms with Crippen LogP contribution in [0.15, 0.2) is 28.7 Å². The molecule has 0 amide bonds. The SMILES string of the molecule is O[C@@]1(c2ccc(Br)cc2)CCN2CCCC21. The summed E-state index contributed by atoms with van der Waals surface area (Å²) in [5.41, 5.74) is 0.460. The smallest absolute Gasteiger partial charge is 0.106 e. The Morgan fingerprint density at radius 2 is 2.00 bits per heavy atom. The van der Waals surface area contributed by atoms with Crippen LogP contribution in [0.4, 0.5) is 0 Å². The van der Waals surface area contributed by atoms with Gasteiger partial charge in [-0.1, -0.05) is 28.1 Å². The Labute approximate surface area is 104 Å². The number of aliphatic hydroxyl groups is 1. The van der Waals surface area contributed by atoms with Crippen molar-refractivity contribution in [3.05, 3.63) is 34.3 Å². The summed E-state index contributed by atoms with van der Waals surface area (Å²) in [6.07, 6.45) is 3.23. The summed E-state index contributed by atoms with van der Waals surface area (Å²) in [5, 5.41) is 10.9. The lowest BCUT2D eigenvalue weighted by Crippen LogP contribution is -2.38. The normalized spacial score (nSPS) is 34.2. The van der Waals surface area contributed by atoms with Gasteiger partial charge in [0.2, 0.25) is 0 Å². The molecule has 0 aromatic heterocycles. The van der Waals surface area contributed by atoms with Crippen LogP contribution in [0, 0.1) is 0 Å². The third-order valence-electron chi connectivity index (χ3n) is 4.04. The molecule has 86 valence electrons. The van der Waals surface area contributed by atoms with Crippen molar-refractivity contribution < 1.29 is 5.11 Å². The molecule has 1 aromatic carbocycles. The molecule has 3 rings (SSSR count). The van der Waals surface area contributed by atoms with Crippen molar-refractivity contribution in [2.45, 2.75) is 30.9 Å². The van der Waals surface area contributed by atoms with Crippen LogP contribution in [-0.4, -0.2) is 29.1 Å². The van der Waals surface area contributed by atoms with E-state index in [-0.39, 0.29) is 0 Å². The van der Waals surface area contributed by atoms with Gasteiger partial charge in [0.25, 0.3) is 0 Å². The minimum absolute atomic E-state index is 0.341. The van der Waals surface area contributed by atoms with E-state index in [0.717, 1.165) is 36.0 Å². The first-order valence-electron chi connectivity index (χ1n) is 5.93. The van der Waals surface area contributed by atoms with Gasteiger partial charge in [-0.3, -0.25) is 4.90 Å². The molecule has 2 nitrogen and oxygen atoms in total. The number of hydrogen-bond acceptors (Lipinski definition) is 2. The molecule has 2 saturated heterocycles. The van der Waals surface area contributed by atoms with E-state index in [9.17, 15) is 5.11 Å². The predicted molar refractivity (Wildman–Crippen MR) is 67.3 cm³/mol. The Hall–Kier alpha value is -0.380. The van der Waals surface area contributed by atoms with Crippen LogP contribution < -0.4 is 0 Å². The van der Waals surface area contributed by atoms with E-state index in [1.807, 2.05) is 24.3 Å².